The Labute approximate surface area is 130 Å². The molecule has 1 heterocycles. The predicted molar refractivity (Wildman–Crippen MR) is 78.8 cm³/mol. The zero-order valence-corrected chi connectivity index (χ0v) is 12.9. The summed E-state index contributed by atoms with van der Waals surface area (Å²) in [4.78, 5) is 0. The summed E-state index contributed by atoms with van der Waals surface area (Å²) in [6.07, 6.45) is 2.19. The van der Waals surface area contributed by atoms with E-state index >= 15 is 0 Å². The highest BCUT2D eigenvalue weighted by Crippen LogP contribution is 2.35. The Kier molecular flexibility index (Phi) is 5.46. The summed E-state index contributed by atoms with van der Waals surface area (Å²) in [7, 11) is 1.57. The van der Waals surface area contributed by atoms with Crippen LogP contribution in [0.25, 0.3) is 5.57 Å². The Balaban J connectivity index is 2.27. The van der Waals surface area contributed by atoms with E-state index < -0.39 is 12.0 Å². The summed E-state index contributed by atoms with van der Waals surface area (Å²) in [6.45, 7) is 0.775. The quantitative estimate of drug-likeness (QED) is 0.621. The second-order valence-electron chi connectivity index (χ2n) is 4.16. The van der Waals surface area contributed by atoms with Gasteiger partial charge in [0.1, 0.15) is 18.2 Å². The van der Waals surface area contributed by atoms with Gasteiger partial charge in [-0.25, -0.2) is 9.92 Å². The van der Waals surface area contributed by atoms with Gasteiger partial charge in [0, 0.05) is 28.8 Å². The molecule has 21 heavy (non-hydrogen) atoms. The van der Waals surface area contributed by atoms with Crippen molar-refractivity contribution in [2.24, 2.45) is 5.11 Å². The van der Waals surface area contributed by atoms with E-state index in [1.54, 1.807) is 25.3 Å². The van der Waals surface area contributed by atoms with Gasteiger partial charge in [-0.15, -0.1) is 5.11 Å². The van der Waals surface area contributed by atoms with Gasteiger partial charge >= 0.3 is 0 Å². The van der Waals surface area contributed by atoms with Gasteiger partial charge in [0.15, 0.2) is 0 Å². The Hall–Kier alpha value is -1.73. The Morgan fingerprint density at radius 1 is 1.43 bits per heavy atom. The van der Waals surface area contributed by atoms with Crippen LogP contribution in [0.1, 0.15) is 5.56 Å². The molecule has 0 spiro atoms. The largest absolute Gasteiger partial charge is 0.491 e. The number of allylic oxidation sites excluding steroid dienone is 2. The Morgan fingerprint density at radius 2 is 2.24 bits per heavy atom. The molecule has 1 aromatic carbocycles. The third-order valence-electron chi connectivity index (χ3n) is 2.83. The first kappa shape index (κ1) is 15.7. The molecule has 112 valence electrons. The molecule has 1 aliphatic heterocycles. The number of hydrogen-bond acceptors (Lipinski definition) is 5. The molecule has 1 unspecified atom stereocenters. The van der Waals surface area contributed by atoms with Gasteiger partial charge in [-0.2, -0.15) is 0 Å². The van der Waals surface area contributed by atoms with Crippen molar-refractivity contribution in [3.05, 3.63) is 46.4 Å². The molecule has 0 saturated heterocycles. The van der Waals surface area contributed by atoms with Crippen molar-refractivity contribution in [1.29, 1.82) is 5.53 Å². The topological polar surface area (TPSA) is 63.9 Å². The maximum absolute atomic E-state index is 14.3. The van der Waals surface area contributed by atoms with Crippen molar-refractivity contribution in [1.82, 2.24) is 0 Å². The third-order valence-corrected chi connectivity index (χ3v) is 3.52. The first-order valence-corrected chi connectivity index (χ1v) is 6.96. The number of halogens is 2. The predicted octanol–water partition coefficient (Wildman–Crippen LogP) is 3.86. The fraction of sp³-hybridized carbons (Fsp3) is 0.286. The lowest BCUT2D eigenvalue weighted by Gasteiger charge is -2.20. The van der Waals surface area contributed by atoms with Crippen LogP contribution in [0.4, 0.5) is 4.39 Å². The van der Waals surface area contributed by atoms with Gasteiger partial charge in [0.05, 0.1) is 12.9 Å². The highest BCUT2D eigenvalue weighted by molar-refractivity contribution is 9.12. The second-order valence-corrected chi connectivity index (χ2v) is 5.02. The fourth-order valence-corrected chi connectivity index (χ4v) is 2.37. The molecule has 0 amide bonds. The van der Waals surface area contributed by atoms with Crippen LogP contribution >= 0.6 is 15.9 Å². The average Bonchev–Trinajstić information content (AvgIpc) is 2.48. The molecule has 5 nitrogen and oxygen atoms in total. The standard InChI is InChI=1S/C14H14BrFN2O3/c1-19-6-7-20-9-2-3-10(12(16)8-9)13-11(15)4-5-21-14(13)18-17/h2-5,8,14,17H,6-7H2,1H3. The SMILES string of the molecule is COCCOc1ccc(C2=C(Br)C=COC2N=N)c(F)c1. The smallest absolute Gasteiger partial charge is 0.235 e. The molecular formula is C14H14BrFN2O3. The third kappa shape index (κ3) is 3.68. The van der Waals surface area contributed by atoms with Gasteiger partial charge < -0.3 is 14.2 Å². The first-order valence-electron chi connectivity index (χ1n) is 6.17. The van der Waals surface area contributed by atoms with Crippen molar-refractivity contribution < 1.29 is 18.6 Å². The van der Waals surface area contributed by atoms with E-state index in [2.05, 4.69) is 21.0 Å². The van der Waals surface area contributed by atoms with Gasteiger partial charge in [-0.05, 0) is 18.2 Å². The van der Waals surface area contributed by atoms with E-state index in [0.29, 0.717) is 34.6 Å². The van der Waals surface area contributed by atoms with Crippen LogP contribution < -0.4 is 4.74 Å². The van der Waals surface area contributed by atoms with Crippen LogP contribution in [0.5, 0.6) is 5.75 Å². The van der Waals surface area contributed by atoms with Gasteiger partial charge in [0.25, 0.3) is 0 Å². The van der Waals surface area contributed by atoms with Crippen LogP contribution in [0.15, 0.2) is 40.1 Å². The molecule has 2 rings (SSSR count). The lowest BCUT2D eigenvalue weighted by Crippen LogP contribution is -2.14. The maximum atomic E-state index is 14.3. The summed E-state index contributed by atoms with van der Waals surface area (Å²) in [5.74, 6) is -0.0546. The highest BCUT2D eigenvalue weighted by atomic mass is 79.9. The van der Waals surface area contributed by atoms with E-state index in [4.69, 9.17) is 19.7 Å². The van der Waals surface area contributed by atoms with Crippen molar-refractivity contribution in [3.63, 3.8) is 0 Å². The molecule has 0 aliphatic carbocycles. The van der Waals surface area contributed by atoms with Crippen molar-refractivity contribution in [3.8, 4) is 5.75 Å². The molecule has 0 saturated carbocycles. The minimum Gasteiger partial charge on any atom is -0.491 e. The number of nitrogens with one attached hydrogen (secondary N) is 1. The average molecular weight is 357 g/mol. The molecule has 0 aromatic heterocycles. The van der Waals surface area contributed by atoms with Crippen LogP contribution in [-0.2, 0) is 9.47 Å². The van der Waals surface area contributed by atoms with Crippen LogP contribution in [0, 0.1) is 11.3 Å². The monoisotopic (exact) mass is 356 g/mol. The molecule has 1 N–H and O–H groups in total. The molecule has 0 radical (unpaired) electrons. The molecule has 7 heteroatoms. The fourth-order valence-electron chi connectivity index (χ4n) is 1.85. The van der Waals surface area contributed by atoms with Crippen molar-refractivity contribution in [2.75, 3.05) is 20.3 Å². The van der Waals surface area contributed by atoms with Gasteiger partial charge in [0.2, 0.25) is 6.23 Å². The molecule has 1 atom stereocenters. The lowest BCUT2D eigenvalue weighted by atomic mass is 10.0. The molecule has 0 bridgehead atoms. The molecular weight excluding hydrogens is 343 g/mol. The number of ether oxygens (including phenoxy) is 3. The Bertz CT molecular complexity index is 590. The summed E-state index contributed by atoms with van der Waals surface area (Å²) < 4.78 is 30.3. The van der Waals surface area contributed by atoms with E-state index in [-0.39, 0.29) is 0 Å². The second kappa shape index (κ2) is 7.33. The zero-order valence-electron chi connectivity index (χ0n) is 11.3. The number of nitrogens with zero attached hydrogens (tertiary/aromatic N) is 1. The van der Waals surface area contributed by atoms with E-state index in [9.17, 15) is 4.39 Å². The normalized spacial score (nSPS) is 17.6. The summed E-state index contributed by atoms with van der Waals surface area (Å²) in [5, 5.41) is 3.35. The molecule has 1 aromatic rings. The van der Waals surface area contributed by atoms with E-state index in [0.717, 1.165) is 0 Å². The van der Waals surface area contributed by atoms with E-state index in [1.807, 2.05) is 0 Å². The summed E-state index contributed by atoms with van der Waals surface area (Å²) in [6, 6.07) is 4.52. The molecule has 1 aliphatic rings. The Morgan fingerprint density at radius 3 is 2.90 bits per heavy atom. The van der Waals surface area contributed by atoms with E-state index in [1.165, 1.54) is 12.3 Å². The highest BCUT2D eigenvalue weighted by Gasteiger charge is 2.24. The van der Waals surface area contributed by atoms with Crippen molar-refractivity contribution >= 4 is 21.5 Å². The molecule has 0 fully saturated rings. The van der Waals surface area contributed by atoms with Crippen molar-refractivity contribution in [2.45, 2.75) is 6.23 Å². The number of benzene rings is 1. The van der Waals surface area contributed by atoms with Crippen LogP contribution in [0.3, 0.4) is 0 Å². The van der Waals surface area contributed by atoms with Gasteiger partial charge in [-0.1, -0.05) is 15.9 Å². The summed E-state index contributed by atoms with van der Waals surface area (Å²) >= 11 is 3.33. The number of rotatable bonds is 6. The first-order chi connectivity index (χ1) is 10.2. The summed E-state index contributed by atoms with van der Waals surface area (Å²) in [5.41, 5.74) is 7.92. The van der Waals surface area contributed by atoms with Gasteiger partial charge in [-0.3, -0.25) is 0 Å². The lowest BCUT2D eigenvalue weighted by molar-refractivity contribution is 0.146. The number of hydrogen-bond donors (Lipinski definition) is 1. The minimum atomic E-state index is -0.862. The zero-order chi connectivity index (χ0) is 15.2. The van der Waals surface area contributed by atoms with Crippen LogP contribution in [0.2, 0.25) is 0 Å². The minimum absolute atomic E-state index is 0.311. The maximum Gasteiger partial charge on any atom is 0.235 e. The van der Waals surface area contributed by atoms with Crippen LogP contribution in [-0.4, -0.2) is 26.6 Å². The number of methoxy groups -OCH3 is 1.